The number of nitrogens with zero attached hydrogens (tertiary/aromatic N) is 3. The third kappa shape index (κ3) is 8.25. The fourth-order valence-electron chi connectivity index (χ4n) is 4.97. The Balaban J connectivity index is 0.00000420. The Labute approximate surface area is 233 Å². The van der Waals surface area contributed by atoms with Crippen molar-refractivity contribution in [2.24, 2.45) is 0 Å². The van der Waals surface area contributed by atoms with Crippen molar-refractivity contribution in [3.8, 4) is 0 Å². The Kier molecular flexibility index (Phi) is 10.2. The van der Waals surface area contributed by atoms with E-state index in [1.165, 1.54) is 6.07 Å². The summed E-state index contributed by atoms with van der Waals surface area (Å²) in [6.45, 7) is 5.25. The highest BCUT2D eigenvalue weighted by Crippen LogP contribution is 2.36. The van der Waals surface area contributed by atoms with Crippen molar-refractivity contribution in [3.05, 3.63) is 53.1 Å². The highest BCUT2D eigenvalue weighted by atomic mass is 35.5. The zero-order valence-electron chi connectivity index (χ0n) is 21.2. The fraction of sp³-hybridized carbons (Fsp3) is 0.519. The second kappa shape index (κ2) is 12.8. The van der Waals surface area contributed by atoms with Crippen molar-refractivity contribution in [3.63, 3.8) is 0 Å². The van der Waals surface area contributed by atoms with E-state index in [4.69, 9.17) is 11.6 Å². The molecule has 2 aromatic rings. The van der Waals surface area contributed by atoms with Crippen LogP contribution in [0.3, 0.4) is 0 Å². The van der Waals surface area contributed by atoms with Gasteiger partial charge in [-0.05, 0) is 55.3 Å². The minimum absolute atomic E-state index is 0. The number of nitrogens with one attached hydrogen (secondary N) is 1. The molecule has 0 aromatic heterocycles. The van der Waals surface area contributed by atoms with E-state index in [2.05, 4.69) is 15.1 Å². The van der Waals surface area contributed by atoms with Gasteiger partial charge in [0.05, 0.1) is 10.5 Å². The number of sulfone groups is 1. The maximum absolute atomic E-state index is 13.4. The molecule has 1 N–H and O–H groups in total. The van der Waals surface area contributed by atoms with Crippen molar-refractivity contribution in [2.75, 3.05) is 62.3 Å². The molecule has 216 valence electrons. The summed E-state index contributed by atoms with van der Waals surface area (Å²) in [5, 5.41) is 3.80. The Morgan fingerprint density at radius 3 is 2.18 bits per heavy atom. The van der Waals surface area contributed by atoms with Crippen LogP contribution in [0.15, 0.2) is 47.4 Å². The van der Waals surface area contributed by atoms with Gasteiger partial charge < -0.3 is 15.1 Å². The first-order valence-electron chi connectivity index (χ1n) is 12.6. The number of piperidine rings is 1. The zero-order valence-corrected chi connectivity index (χ0v) is 22.7. The summed E-state index contributed by atoms with van der Waals surface area (Å²) in [5.41, 5.74) is 0.182. The lowest BCUT2D eigenvalue weighted by molar-refractivity contribution is -0.139. The van der Waals surface area contributed by atoms with Gasteiger partial charge in [-0.15, -0.1) is 0 Å². The van der Waals surface area contributed by atoms with E-state index in [0.717, 1.165) is 50.3 Å². The second-order valence-electron chi connectivity index (χ2n) is 9.84. The molecule has 0 atom stereocenters. The number of amides is 1. The van der Waals surface area contributed by atoms with Crippen molar-refractivity contribution >= 4 is 38.7 Å². The van der Waals surface area contributed by atoms with Gasteiger partial charge in [-0.3, -0.25) is 9.69 Å². The summed E-state index contributed by atoms with van der Waals surface area (Å²) >= 11 is 5.97. The van der Waals surface area contributed by atoms with E-state index in [1.54, 1.807) is 0 Å². The molecule has 0 spiro atoms. The summed E-state index contributed by atoms with van der Waals surface area (Å²) in [5.74, 6) is 0.0837. The number of alkyl halides is 3. The zero-order chi connectivity index (χ0) is 27.5. The summed E-state index contributed by atoms with van der Waals surface area (Å²) in [4.78, 5) is 18.5. The van der Waals surface area contributed by atoms with Crippen LogP contribution >= 0.6 is 11.6 Å². The average Bonchev–Trinajstić information content (AvgIpc) is 2.87. The molecule has 0 saturated carbocycles. The first kappa shape index (κ1) is 31.0. The van der Waals surface area contributed by atoms with Crippen LogP contribution < -0.4 is 10.2 Å². The Bertz CT molecular complexity index is 1230. The van der Waals surface area contributed by atoms with E-state index < -0.39 is 26.5 Å². The molecule has 2 heterocycles. The topological polar surface area (TPSA) is 73.0 Å². The minimum atomic E-state index is -4.78. The van der Waals surface area contributed by atoms with Crippen LogP contribution in [0.2, 0.25) is 5.02 Å². The maximum Gasteiger partial charge on any atom is 0.417 e. The van der Waals surface area contributed by atoms with Gasteiger partial charge in [-0.2, -0.15) is 13.2 Å². The van der Waals surface area contributed by atoms with E-state index in [0.29, 0.717) is 43.9 Å². The molecule has 39 heavy (non-hydrogen) atoms. The number of hydrogen-bond acceptors (Lipinski definition) is 6. The molecule has 0 bridgehead atoms. The van der Waals surface area contributed by atoms with Gasteiger partial charge >= 0.3 is 6.18 Å². The molecule has 12 heteroatoms. The lowest BCUT2D eigenvalue weighted by atomic mass is 10.0. The number of anilines is 2. The number of likely N-dealkylation sites (tertiary alicyclic amines) is 1. The molecule has 0 unspecified atom stereocenters. The summed E-state index contributed by atoms with van der Waals surface area (Å²) in [6.07, 6.45) is -2.39. The van der Waals surface area contributed by atoms with Gasteiger partial charge in [0.2, 0.25) is 5.91 Å². The third-order valence-electron chi connectivity index (χ3n) is 7.11. The SMILES string of the molecule is C.CS(=O)(=O)c1ccc(NC2CCN(C(=O)CCN3CCN(c4ccc(Cl)cc4)CC3)CC2)cc1C(F)(F)F. The van der Waals surface area contributed by atoms with Crippen molar-refractivity contribution in [1.82, 2.24) is 9.80 Å². The van der Waals surface area contributed by atoms with Crippen LogP contribution in [0.25, 0.3) is 0 Å². The highest BCUT2D eigenvalue weighted by molar-refractivity contribution is 7.90. The van der Waals surface area contributed by atoms with E-state index >= 15 is 0 Å². The molecule has 2 aliphatic rings. The Morgan fingerprint density at radius 1 is 1.00 bits per heavy atom. The van der Waals surface area contributed by atoms with Gasteiger partial charge in [0.15, 0.2) is 9.84 Å². The molecule has 2 saturated heterocycles. The van der Waals surface area contributed by atoms with E-state index in [9.17, 15) is 26.4 Å². The normalized spacial score (nSPS) is 17.6. The first-order valence-corrected chi connectivity index (χ1v) is 14.9. The molecular formula is C27H36ClF3N4O3S. The van der Waals surface area contributed by atoms with Crippen LogP contribution in [0.5, 0.6) is 0 Å². The number of hydrogen-bond donors (Lipinski definition) is 1. The largest absolute Gasteiger partial charge is 0.417 e. The molecular weight excluding hydrogens is 553 g/mol. The average molecular weight is 589 g/mol. The first-order chi connectivity index (χ1) is 17.9. The summed E-state index contributed by atoms with van der Waals surface area (Å²) < 4.78 is 63.9. The predicted octanol–water partition coefficient (Wildman–Crippen LogP) is 5.01. The molecule has 4 rings (SSSR count). The van der Waals surface area contributed by atoms with Crippen LogP contribution in [0, 0.1) is 0 Å². The lowest BCUT2D eigenvalue weighted by Crippen LogP contribution is -2.48. The summed E-state index contributed by atoms with van der Waals surface area (Å²) in [7, 11) is -4.02. The van der Waals surface area contributed by atoms with Crippen molar-refractivity contribution in [1.29, 1.82) is 0 Å². The quantitative estimate of drug-likeness (QED) is 0.490. The maximum atomic E-state index is 13.4. The van der Waals surface area contributed by atoms with E-state index in [1.807, 2.05) is 29.2 Å². The molecule has 0 radical (unpaired) electrons. The molecule has 7 nitrogen and oxygen atoms in total. The number of rotatable bonds is 7. The van der Waals surface area contributed by atoms with Crippen molar-refractivity contribution < 1.29 is 26.4 Å². The van der Waals surface area contributed by atoms with E-state index in [-0.39, 0.29) is 25.1 Å². The predicted molar refractivity (Wildman–Crippen MR) is 149 cm³/mol. The smallest absolute Gasteiger partial charge is 0.382 e. The monoisotopic (exact) mass is 588 g/mol. The van der Waals surface area contributed by atoms with Crippen LogP contribution in [-0.2, 0) is 20.8 Å². The Morgan fingerprint density at radius 2 is 1.62 bits per heavy atom. The van der Waals surface area contributed by atoms with Crippen molar-refractivity contribution in [2.45, 2.75) is 43.8 Å². The Hall–Kier alpha value is -2.50. The third-order valence-corrected chi connectivity index (χ3v) is 8.52. The van der Waals surface area contributed by atoms with Gasteiger partial charge in [0.25, 0.3) is 0 Å². The number of carbonyl (C=O) groups excluding carboxylic acids is 1. The second-order valence-corrected chi connectivity index (χ2v) is 12.3. The van der Waals surface area contributed by atoms with Gasteiger partial charge in [-0.25, -0.2) is 8.42 Å². The van der Waals surface area contributed by atoms with Crippen LogP contribution in [0.1, 0.15) is 32.3 Å². The van der Waals surface area contributed by atoms with Gasteiger partial charge in [0.1, 0.15) is 0 Å². The number of piperazine rings is 1. The van der Waals surface area contributed by atoms with Gasteiger partial charge in [-0.1, -0.05) is 19.0 Å². The summed E-state index contributed by atoms with van der Waals surface area (Å²) in [6, 6.07) is 10.9. The van der Waals surface area contributed by atoms with Crippen LogP contribution in [0.4, 0.5) is 24.5 Å². The van der Waals surface area contributed by atoms with Crippen LogP contribution in [-0.4, -0.2) is 82.2 Å². The molecule has 1 amide bonds. The molecule has 2 aliphatic heterocycles. The number of carbonyl (C=O) groups is 1. The lowest BCUT2D eigenvalue weighted by Gasteiger charge is -2.37. The fourth-order valence-corrected chi connectivity index (χ4v) is 5.98. The van der Waals surface area contributed by atoms with Gasteiger partial charge in [0, 0.05) is 80.9 Å². The standard InChI is InChI=1S/C26H32ClF3N4O3S.CH4/c1-38(36,37)24-7-4-21(18-23(24)26(28,29)30)31-20-8-12-34(13-9-20)25(35)10-11-32-14-16-33(17-15-32)22-5-2-19(27)3-6-22;/h2-7,18,20,31H,8-17H2,1H3;1H4. The number of halogens is 4. The molecule has 2 aromatic carbocycles. The number of benzene rings is 2. The highest BCUT2D eigenvalue weighted by Gasteiger charge is 2.36. The molecule has 2 fully saturated rings. The molecule has 0 aliphatic carbocycles. The minimum Gasteiger partial charge on any atom is -0.382 e.